The largest absolute Gasteiger partial charge is 0.508 e. The fourth-order valence-corrected chi connectivity index (χ4v) is 4.25. The van der Waals surface area contributed by atoms with Crippen LogP contribution in [0.25, 0.3) is 0 Å². The van der Waals surface area contributed by atoms with E-state index in [1.54, 1.807) is 13.0 Å². The number of hydrogen-bond donors (Lipinski definition) is 2. The van der Waals surface area contributed by atoms with Gasteiger partial charge in [-0.25, -0.2) is 4.79 Å². The molecule has 2 rings (SSSR count). The van der Waals surface area contributed by atoms with Crippen LogP contribution in [0.4, 0.5) is 4.79 Å². The minimum absolute atomic E-state index is 0.00623. The Kier molecular flexibility index (Phi) is 12.4. The highest BCUT2D eigenvalue weighted by Crippen LogP contribution is 2.35. The van der Waals surface area contributed by atoms with Gasteiger partial charge in [0.05, 0.1) is 0 Å². The monoisotopic (exact) mass is 521 g/mol. The summed E-state index contributed by atoms with van der Waals surface area (Å²) in [4.78, 5) is 48.4. The van der Waals surface area contributed by atoms with Gasteiger partial charge in [0, 0.05) is 18.8 Å². The number of carbonyl (C=O) groups is 4. The van der Waals surface area contributed by atoms with Crippen molar-refractivity contribution in [1.29, 1.82) is 0 Å². The highest BCUT2D eigenvalue weighted by molar-refractivity contribution is 5.77. The first-order valence-electron chi connectivity index (χ1n) is 13.0. The molecule has 10 heteroatoms. The second-order valence-corrected chi connectivity index (χ2v) is 9.42. The predicted octanol–water partition coefficient (Wildman–Crippen LogP) is 4.86. The van der Waals surface area contributed by atoms with Crippen molar-refractivity contribution >= 4 is 24.1 Å². The van der Waals surface area contributed by atoms with E-state index < -0.39 is 42.1 Å². The van der Waals surface area contributed by atoms with Crippen LogP contribution in [0, 0.1) is 0 Å². The van der Waals surface area contributed by atoms with Gasteiger partial charge in [0.25, 0.3) is 0 Å². The van der Waals surface area contributed by atoms with Crippen LogP contribution in [0.15, 0.2) is 18.2 Å². The van der Waals surface area contributed by atoms with E-state index in [4.69, 9.17) is 24.7 Å². The lowest BCUT2D eigenvalue weighted by molar-refractivity contribution is -0.139. The molecule has 1 fully saturated rings. The van der Waals surface area contributed by atoms with Crippen molar-refractivity contribution < 1.29 is 43.2 Å². The van der Waals surface area contributed by atoms with Crippen LogP contribution in [0.5, 0.6) is 11.5 Å². The van der Waals surface area contributed by atoms with Gasteiger partial charge in [-0.2, -0.15) is 0 Å². The molecule has 1 aliphatic carbocycles. The van der Waals surface area contributed by atoms with Crippen molar-refractivity contribution in [3.8, 4) is 11.5 Å². The van der Waals surface area contributed by atoms with Crippen molar-refractivity contribution in [2.45, 2.75) is 109 Å². The molecule has 0 amide bonds. The molecule has 3 N–H and O–H groups in total. The van der Waals surface area contributed by atoms with Gasteiger partial charge in [-0.05, 0) is 69.6 Å². The summed E-state index contributed by atoms with van der Waals surface area (Å²) in [6.07, 6.45) is 4.58. The Morgan fingerprint density at radius 3 is 2.14 bits per heavy atom. The molecule has 1 aromatic carbocycles. The van der Waals surface area contributed by atoms with Crippen molar-refractivity contribution in [3.63, 3.8) is 0 Å². The van der Waals surface area contributed by atoms with Gasteiger partial charge < -0.3 is 29.8 Å². The molecule has 1 aromatic rings. The molecule has 1 saturated carbocycles. The summed E-state index contributed by atoms with van der Waals surface area (Å²) in [5.41, 5.74) is 6.45. The maximum absolute atomic E-state index is 12.3. The SMILES string of the molecule is CCCC(=O)Oc1ccc(C(CC(C)OC(=O)OC2CCCCC2)[C@H](N)C(=O)O)cc1OC(=O)CCC. The van der Waals surface area contributed by atoms with Crippen molar-refractivity contribution in [2.75, 3.05) is 0 Å². The standard InChI is InChI=1S/C27H39NO9/c1-4-9-23(29)36-21-14-13-18(16-22(21)37-24(30)10-5-2)20(25(28)26(31)32)15-17(3)34-27(33)35-19-11-7-6-8-12-19/h13-14,16-17,19-20,25H,4-12,15,28H2,1-3H3,(H,31,32)/t17?,20?,25-/m0/s1. The van der Waals surface area contributed by atoms with Crippen molar-refractivity contribution in [2.24, 2.45) is 5.73 Å². The number of esters is 2. The lowest BCUT2D eigenvalue weighted by atomic mass is 9.87. The number of hydrogen-bond acceptors (Lipinski definition) is 9. The molecule has 37 heavy (non-hydrogen) atoms. The summed E-state index contributed by atoms with van der Waals surface area (Å²) in [5, 5.41) is 9.63. The number of benzene rings is 1. The van der Waals surface area contributed by atoms with Gasteiger partial charge in [0.1, 0.15) is 18.2 Å². The highest BCUT2D eigenvalue weighted by Gasteiger charge is 2.31. The summed E-state index contributed by atoms with van der Waals surface area (Å²) < 4.78 is 21.6. The maximum Gasteiger partial charge on any atom is 0.508 e. The maximum atomic E-state index is 12.3. The first-order chi connectivity index (χ1) is 17.6. The average molecular weight is 522 g/mol. The van der Waals surface area contributed by atoms with Gasteiger partial charge in [-0.15, -0.1) is 0 Å². The van der Waals surface area contributed by atoms with Crippen LogP contribution < -0.4 is 15.2 Å². The minimum Gasteiger partial charge on any atom is -0.480 e. The smallest absolute Gasteiger partial charge is 0.480 e. The lowest BCUT2D eigenvalue weighted by Crippen LogP contribution is -2.38. The zero-order valence-corrected chi connectivity index (χ0v) is 21.9. The quantitative estimate of drug-likeness (QED) is 0.272. The van der Waals surface area contributed by atoms with E-state index in [-0.39, 0.29) is 36.9 Å². The lowest BCUT2D eigenvalue weighted by Gasteiger charge is -2.26. The van der Waals surface area contributed by atoms with Gasteiger partial charge in [-0.3, -0.25) is 14.4 Å². The second kappa shape index (κ2) is 15.2. The van der Waals surface area contributed by atoms with Gasteiger partial charge in [-0.1, -0.05) is 26.3 Å². The van der Waals surface area contributed by atoms with Crippen LogP contribution in [0.3, 0.4) is 0 Å². The van der Waals surface area contributed by atoms with E-state index in [2.05, 4.69) is 0 Å². The third-order valence-corrected chi connectivity index (χ3v) is 6.17. The molecule has 0 saturated heterocycles. The fourth-order valence-electron chi connectivity index (χ4n) is 4.25. The number of rotatable bonds is 13. The Balaban J connectivity index is 2.24. The molecule has 0 aromatic heterocycles. The molecule has 0 heterocycles. The van der Waals surface area contributed by atoms with E-state index in [0.29, 0.717) is 18.4 Å². The molecule has 0 spiro atoms. The molecule has 0 radical (unpaired) electrons. The van der Waals surface area contributed by atoms with E-state index in [0.717, 1.165) is 32.1 Å². The van der Waals surface area contributed by atoms with Crippen LogP contribution in [0.2, 0.25) is 0 Å². The summed E-state index contributed by atoms with van der Waals surface area (Å²) in [6.45, 7) is 5.29. The van der Waals surface area contributed by atoms with Crippen LogP contribution in [-0.2, 0) is 23.9 Å². The Labute approximate surface area is 217 Å². The summed E-state index contributed by atoms with van der Waals surface area (Å²) >= 11 is 0. The van der Waals surface area contributed by atoms with Crippen molar-refractivity contribution in [1.82, 2.24) is 0 Å². The molecular formula is C27H39NO9. The van der Waals surface area contributed by atoms with E-state index in [1.165, 1.54) is 12.1 Å². The number of nitrogens with two attached hydrogens (primary N) is 1. The van der Waals surface area contributed by atoms with Crippen LogP contribution in [0.1, 0.15) is 96.5 Å². The van der Waals surface area contributed by atoms with Crippen molar-refractivity contribution in [3.05, 3.63) is 23.8 Å². The molecule has 2 unspecified atom stereocenters. The fraction of sp³-hybridized carbons (Fsp3) is 0.630. The highest BCUT2D eigenvalue weighted by atomic mass is 16.7. The van der Waals surface area contributed by atoms with Gasteiger partial charge in [0.2, 0.25) is 0 Å². The first kappa shape index (κ1) is 30.1. The third kappa shape index (κ3) is 10.0. The summed E-state index contributed by atoms with van der Waals surface area (Å²) in [5.74, 6) is -3.01. The number of ether oxygens (including phenoxy) is 4. The zero-order chi connectivity index (χ0) is 27.4. The molecule has 0 bridgehead atoms. The number of carboxylic acids is 1. The second-order valence-electron chi connectivity index (χ2n) is 9.42. The first-order valence-corrected chi connectivity index (χ1v) is 13.0. The molecule has 206 valence electrons. The molecule has 10 nitrogen and oxygen atoms in total. The number of carbonyl (C=O) groups excluding carboxylic acids is 3. The Bertz CT molecular complexity index is 926. The average Bonchev–Trinajstić information content (AvgIpc) is 2.84. The number of carboxylic acid groups (broad SMARTS) is 1. The Morgan fingerprint density at radius 1 is 0.973 bits per heavy atom. The van der Waals surface area contributed by atoms with Crippen LogP contribution >= 0.6 is 0 Å². The molecule has 0 aliphatic heterocycles. The minimum atomic E-state index is -1.34. The van der Waals surface area contributed by atoms with E-state index in [9.17, 15) is 24.3 Å². The molecule has 3 atom stereocenters. The Hall–Kier alpha value is -3.14. The van der Waals surface area contributed by atoms with E-state index in [1.807, 2.05) is 13.8 Å². The number of aliphatic carboxylic acids is 1. The van der Waals surface area contributed by atoms with Crippen LogP contribution in [-0.4, -0.2) is 47.4 Å². The summed E-state index contributed by atoms with van der Waals surface area (Å²) in [7, 11) is 0. The van der Waals surface area contributed by atoms with Gasteiger partial charge in [0.15, 0.2) is 11.5 Å². The topological polar surface area (TPSA) is 151 Å². The van der Waals surface area contributed by atoms with Gasteiger partial charge >= 0.3 is 24.1 Å². The third-order valence-electron chi connectivity index (χ3n) is 6.17. The van der Waals surface area contributed by atoms with E-state index >= 15 is 0 Å². The predicted molar refractivity (Wildman–Crippen MR) is 134 cm³/mol. The molecule has 1 aliphatic rings. The molecular weight excluding hydrogens is 482 g/mol. The normalized spacial score (nSPS) is 16.2. The Morgan fingerprint density at radius 2 is 1.57 bits per heavy atom. The summed E-state index contributed by atoms with van der Waals surface area (Å²) in [6, 6.07) is 3.12. The zero-order valence-electron chi connectivity index (χ0n) is 21.9.